The molecule has 1 aromatic rings. The highest BCUT2D eigenvalue weighted by Crippen LogP contribution is 2.40. The highest BCUT2D eigenvalue weighted by molar-refractivity contribution is 7.99. The number of nitrogens with zero attached hydrogens (tertiary/aromatic N) is 4. The van der Waals surface area contributed by atoms with Gasteiger partial charge in [0.15, 0.2) is 0 Å². The zero-order chi connectivity index (χ0) is 16.4. The third-order valence-corrected chi connectivity index (χ3v) is 5.53. The number of aromatic nitrogens is 3. The minimum atomic E-state index is -0.323. The number of H-pyrrole nitrogens is 1. The standard InChI is InChI=1S/C15H23N5O2S/c1-3-6-19-7-4-15(13(19)22)5-8-20(10-15)12(21)9-23-14-16-11(2)17-18-14/h3-10H2,1-2H3,(H,16,17,18). The van der Waals surface area contributed by atoms with Gasteiger partial charge in [-0.3, -0.25) is 14.7 Å². The second kappa shape index (κ2) is 6.51. The van der Waals surface area contributed by atoms with Crippen LogP contribution in [0.4, 0.5) is 0 Å². The van der Waals surface area contributed by atoms with E-state index in [4.69, 9.17) is 0 Å². The van der Waals surface area contributed by atoms with Crippen LogP contribution < -0.4 is 0 Å². The number of carbonyl (C=O) groups excluding carboxylic acids is 2. The molecule has 1 aromatic heterocycles. The van der Waals surface area contributed by atoms with E-state index >= 15 is 0 Å². The number of hydrogen-bond donors (Lipinski definition) is 1. The summed E-state index contributed by atoms with van der Waals surface area (Å²) < 4.78 is 0. The van der Waals surface area contributed by atoms with Gasteiger partial charge in [-0.1, -0.05) is 18.7 Å². The summed E-state index contributed by atoms with van der Waals surface area (Å²) in [4.78, 5) is 33.0. The number of carbonyl (C=O) groups is 2. The number of thioether (sulfide) groups is 1. The fourth-order valence-corrected chi connectivity index (χ4v) is 4.19. The third-order valence-electron chi connectivity index (χ3n) is 4.70. The molecule has 1 unspecified atom stereocenters. The van der Waals surface area contributed by atoms with Crippen molar-refractivity contribution in [2.75, 3.05) is 31.9 Å². The molecule has 0 aromatic carbocycles. The van der Waals surface area contributed by atoms with Gasteiger partial charge < -0.3 is 9.80 Å². The highest BCUT2D eigenvalue weighted by Gasteiger charge is 2.51. The smallest absolute Gasteiger partial charge is 0.233 e. The summed E-state index contributed by atoms with van der Waals surface area (Å²) in [5, 5.41) is 7.38. The van der Waals surface area contributed by atoms with Crippen LogP contribution in [-0.4, -0.2) is 68.7 Å². The minimum absolute atomic E-state index is 0.0658. The molecule has 0 aliphatic carbocycles. The van der Waals surface area contributed by atoms with E-state index in [1.165, 1.54) is 11.8 Å². The molecule has 1 spiro atoms. The van der Waals surface area contributed by atoms with Gasteiger partial charge in [-0.2, -0.15) is 0 Å². The molecule has 2 fully saturated rings. The average Bonchev–Trinajstić information content (AvgIpc) is 3.22. The second-order valence-electron chi connectivity index (χ2n) is 6.38. The Morgan fingerprint density at radius 1 is 1.39 bits per heavy atom. The number of likely N-dealkylation sites (tertiary alicyclic amines) is 2. The van der Waals surface area contributed by atoms with E-state index in [0.717, 1.165) is 38.2 Å². The first-order valence-corrected chi connectivity index (χ1v) is 9.11. The number of aromatic amines is 1. The van der Waals surface area contributed by atoms with Crippen LogP contribution in [0.25, 0.3) is 0 Å². The van der Waals surface area contributed by atoms with Crippen LogP contribution in [0.3, 0.4) is 0 Å². The summed E-state index contributed by atoms with van der Waals surface area (Å²) in [6, 6.07) is 0. The number of amides is 2. The van der Waals surface area contributed by atoms with Gasteiger partial charge >= 0.3 is 0 Å². The van der Waals surface area contributed by atoms with Crippen LogP contribution in [-0.2, 0) is 9.59 Å². The molecular weight excluding hydrogens is 314 g/mol. The molecule has 8 heteroatoms. The Morgan fingerprint density at radius 2 is 2.17 bits per heavy atom. The fraction of sp³-hybridized carbons (Fsp3) is 0.733. The average molecular weight is 337 g/mol. The van der Waals surface area contributed by atoms with Crippen LogP contribution >= 0.6 is 11.8 Å². The van der Waals surface area contributed by atoms with Crippen molar-refractivity contribution in [2.24, 2.45) is 5.41 Å². The minimum Gasteiger partial charge on any atom is -0.342 e. The lowest BCUT2D eigenvalue weighted by atomic mass is 9.85. The molecule has 3 rings (SSSR count). The van der Waals surface area contributed by atoms with E-state index in [9.17, 15) is 9.59 Å². The molecular formula is C15H23N5O2S. The highest BCUT2D eigenvalue weighted by atomic mass is 32.2. The van der Waals surface area contributed by atoms with Crippen LogP contribution in [0.1, 0.15) is 32.0 Å². The summed E-state index contributed by atoms with van der Waals surface area (Å²) in [7, 11) is 0. The Bertz CT molecular complexity index is 604. The van der Waals surface area contributed by atoms with E-state index in [-0.39, 0.29) is 17.2 Å². The zero-order valence-corrected chi connectivity index (χ0v) is 14.5. The zero-order valence-electron chi connectivity index (χ0n) is 13.7. The number of nitrogens with one attached hydrogen (secondary N) is 1. The lowest BCUT2D eigenvalue weighted by Crippen LogP contribution is -2.39. The number of hydrogen-bond acceptors (Lipinski definition) is 5. The van der Waals surface area contributed by atoms with Gasteiger partial charge in [0.2, 0.25) is 17.0 Å². The summed E-state index contributed by atoms with van der Waals surface area (Å²) in [6.45, 7) is 6.83. The summed E-state index contributed by atoms with van der Waals surface area (Å²) in [5.74, 6) is 1.37. The first-order chi connectivity index (χ1) is 11.0. The van der Waals surface area contributed by atoms with Gasteiger partial charge in [0.1, 0.15) is 5.82 Å². The Balaban J connectivity index is 1.55. The van der Waals surface area contributed by atoms with Crippen molar-refractivity contribution in [3.8, 4) is 0 Å². The van der Waals surface area contributed by atoms with E-state index in [2.05, 4.69) is 22.1 Å². The molecule has 23 heavy (non-hydrogen) atoms. The summed E-state index contributed by atoms with van der Waals surface area (Å²) in [5.41, 5.74) is -0.323. The van der Waals surface area contributed by atoms with Crippen molar-refractivity contribution in [1.82, 2.24) is 25.0 Å². The quantitative estimate of drug-likeness (QED) is 0.813. The van der Waals surface area contributed by atoms with Crippen LogP contribution in [0.2, 0.25) is 0 Å². The van der Waals surface area contributed by atoms with Gasteiger partial charge in [0, 0.05) is 26.2 Å². The molecule has 1 atom stereocenters. The third kappa shape index (κ3) is 3.22. The van der Waals surface area contributed by atoms with E-state index in [1.807, 2.05) is 16.7 Å². The molecule has 1 N–H and O–H groups in total. The van der Waals surface area contributed by atoms with Crippen molar-refractivity contribution in [1.29, 1.82) is 0 Å². The van der Waals surface area contributed by atoms with E-state index in [0.29, 0.717) is 24.0 Å². The number of rotatable bonds is 5. The SMILES string of the molecule is CCCN1CCC2(CCN(C(=O)CSc3n[nH]c(C)n3)C2)C1=O. The van der Waals surface area contributed by atoms with Gasteiger partial charge in [0.05, 0.1) is 11.2 Å². The largest absolute Gasteiger partial charge is 0.342 e. The Hall–Kier alpha value is -1.57. The molecule has 2 amide bonds. The fourth-order valence-electron chi connectivity index (χ4n) is 3.44. The van der Waals surface area contributed by atoms with Crippen molar-refractivity contribution >= 4 is 23.6 Å². The van der Waals surface area contributed by atoms with E-state index in [1.54, 1.807) is 0 Å². The van der Waals surface area contributed by atoms with Crippen molar-refractivity contribution in [3.05, 3.63) is 5.82 Å². The Morgan fingerprint density at radius 3 is 2.87 bits per heavy atom. The van der Waals surface area contributed by atoms with Gasteiger partial charge in [0.25, 0.3) is 0 Å². The summed E-state index contributed by atoms with van der Waals surface area (Å²) >= 11 is 1.34. The number of aryl methyl sites for hydroxylation is 1. The molecule has 126 valence electrons. The second-order valence-corrected chi connectivity index (χ2v) is 7.32. The maximum atomic E-state index is 12.6. The predicted molar refractivity (Wildman–Crippen MR) is 87.0 cm³/mol. The topological polar surface area (TPSA) is 82.2 Å². The lowest BCUT2D eigenvalue weighted by molar-refractivity contribution is -0.136. The normalized spacial score (nSPS) is 24.2. The van der Waals surface area contributed by atoms with Gasteiger partial charge in [-0.05, 0) is 26.2 Å². The summed E-state index contributed by atoms with van der Waals surface area (Å²) in [6.07, 6.45) is 2.66. The van der Waals surface area contributed by atoms with Crippen molar-refractivity contribution in [2.45, 2.75) is 38.3 Å². The monoisotopic (exact) mass is 337 g/mol. The van der Waals surface area contributed by atoms with Gasteiger partial charge in [-0.15, -0.1) is 5.10 Å². The van der Waals surface area contributed by atoms with Crippen LogP contribution in [0.5, 0.6) is 0 Å². The Kier molecular flexibility index (Phi) is 4.61. The van der Waals surface area contributed by atoms with Crippen molar-refractivity contribution in [3.63, 3.8) is 0 Å². The molecule has 7 nitrogen and oxygen atoms in total. The van der Waals surface area contributed by atoms with Crippen LogP contribution in [0.15, 0.2) is 5.16 Å². The molecule has 0 saturated carbocycles. The van der Waals surface area contributed by atoms with Crippen molar-refractivity contribution < 1.29 is 9.59 Å². The maximum Gasteiger partial charge on any atom is 0.233 e. The molecule has 0 radical (unpaired) electrons. The molecule has 0 bridgehead atoms. The molecule has 3 heterocycles. The maximum absolute atomic E-state index is 12.6. The molecule has 2 aliphatic rings. The molecule has 2 saturated heterocycles. The first kappa shape index (κ1) is 16.3. The first-order valence-electron chi connectivity index (χ1n) is 8.13. The predicted octanol–water partition coefficient (Wildman–Crippen LogP) is 1.07. The van der Waals surface area contributed by atoms with Crippen LogP contribution in [0, 0.1) is 12.3 Å². The van der Waals surface area contributed by atoms with Gasteiger partial charge in [-0.25, -0.2) is 4.98 Å². The lowest BCUT2D eigenvalue weighted by Gasteiger charge is -2.23. The molecule has 2 aliphatic heterocycles. The Labute approximate surface area is 140 Å². The van der Waals surface area contributed by atoms with E-state index < -0.39 is 0 Å².